The standard InChI is InChI=1S/C10H8N2O/c13-7-8-3-1-4-10(12-8)9-5-2-6-11-9/h1-7,11H. The number of pyridine rings is 1. The highest BCUT2D eigenvalue weighted by Gasteiger charge is 1.99. The van der Waals surface area contributed by atoms with Gasteiger partial charge in [-0.05, 0) is 24.3 Å². The first kappa shape index (κ1) is 7.73. The van der Waals surface area contributed by atoms with Gasteiger partial charge in [0.25, 0.3) is 0 Å². The van der Waals surface area contributed by atoms with Crippen molar-refractivity contribution in [1.29, 1.82) is 0 Å². The van der Waals surface area contributed by atoms with Crippen molar-refractivity contribution in [2.45, 2.75) is 0 Å². The molecule has 0 atom stereocenters. The third-order valence-corrected chi connectivity index (χ3v) is 1.77. The smallest absolute Gasteiger partial charge is 0.168 e. The van der Waals surface area contributed by atoms with Gasteiger partial charge >= 0.3 is 0 Å². The highest BCUT2D eigenvalue weighted by molar-refractivity contribution is 5.73. The summed E-state index contributed by atoms with van der Waals surface area (Å²) >= 11 is 0. The number of hydrogen-bond donors (Lipinski definition) is 1. The number of carbonyl (C=O) groups excluding carboxylic acids is 1. The molecule has 1 N–H and O–H groups in total. The van der Waals surface area contributed by atoms with Crippen LogP contribution in [0.3, 0.4) is 0 Å². The number of carbonyl (C=O) groups is 1. The van der Waals surface area contributed by atoms with Crippen molar-refractivity contribution in [3.63, 3.8) is 0 Å². The number of aromatic amines is 1. The minimum absolute atomic E-state index is 0.451. The Labute approximate surface area is 75.4 Å². The van der Waals surface area contributed by atoms with Crippen LogP contribution in [0.1, 0.15) is 10.5 Å². The summed E-state index contributed by atoms with van der Waals surface area (Å²) in [6.45, 7) is 0. The lowest BCUT2D eigenvalue weighted by molar-refractivity contribution is 0.111. The maximum absolute atomic E-state index is 10.5. The topological polar surface area (TPSA) is 45.8 Å². The highest BCUT2D eigenvalue weighted by Crippen LogP contribution is 2.13. The van der Waals surface area contributed by atoms with Gasteiger partial charge in [0.15, 0.2) is 6.29 Å². The normalized spacial score (nSPS) is 9.85. The fraction of sp³-hybridized carbons (Fsp3) is 0. The molecule has 2 aromatic heterocycles. The molecule has 13 heavy (non-hydrogen) atoms. The molecule has 0 aliphatic rings. The van der Waals surface area contributed by atoms with Crippen LogP contribution in [0.4, 0.5) is 0 Å². The zero-order valence-electron chi connectivity index (χ0n) is 6.90. The van der Waals surface area contributed by atoms with Crippen molar-refractivity contribution in [3.8, 4) is 11.4 Å². The monoisotopic (exact) mass is 172 g/mol. The fourth-order valence-electron chi connectivity index (χ4n) is 1.16. The van der Waals surface area contributed by atoms with Crippen LogP contribution in [-0.2, 0) is 0 Å². The molecule has 0 amide bonds. The van der Waals surface area contributed by atoms with Crippen molar-refractivity contribution < 1.29 is 4.79 Å². The van der Waals surface area contributed by atoms with Crippen molar-refractivity contribution in [2.75, 3.05) is 0 Å². The van der Waals surface area contributed by atoms with E-state index < -0.39 is 0 Å². The molecule has 0 aliphatic heterocycles. The average Bonchev–Trinajstić information content (AvgIpc) is 2.71. The quantitative estimate of drug-likeness (QED) is 0.703. The van der Waals surface area contributed by atoms with Gasteiger partial charge in [-0.3, -0.25) is 4.79 Å². The number of aromatic nitrogens is 2. The molecule has 64 valence electrons. The first-order valence-corrected chi connectivity index (χ1v) is 3.96. The highest BCUT2D eigenvalue weighted by atomic mass is 16.1. The molecule has 0 aromatic carbocycles. The lowest BCUT2D eigenvalue weighted by Gasteiger charge is -1.96. The summed E-state index contributed by atoms with van der Waals surface area (Å²) < 4.78 is 0. The van der Waals surface area contributed by atoms with Gasteiger partial charge in [0.2, 0.25) is 0 Å². The molecule has 0 bridgehead atoms. The Balaban J connectivity index is 2.47. The largest absolute Gasteiger partial charge is 0.360 e. The van der Waals surface area contributed by atoms with E-state index in [0.717, 1.165) is 17.7 Å². The second-order valence-electron chi connectivity index (χ2n) is 2.65. The molecule has 0 spiro atoms. The van der Waals surface area contributed by atoms with E-state index in [4.69, 9.17) is 0 Å². The van der Waals surface area contributed by atoms with Crippen LogP contribution in [-0.4, -0.2) is 16.3 Å². The predicted octanol–water partition coefficient (Wildman–Crippen LogP) is 1.89. The Hall–Kier alpha value is -1.90. The molecular formula is C10H8N2O. The molecule has 3 nitrogen and oxygen atoms in total. The minimum Gasteiger partial charge on any atom is -0.360 e. The van der Waals surface area contributed by atoms with Gasteiger partial charge in [-0.1, -0.05) is 6.07 Å². The molecule has 2 aromatic rings. The molecule has 3 heteroatoms. The summed E-state index contributed by atoms with van der Waals surface area (Å²) in [7, 11) is 0. The van der Waals surface area contributed by atoms with Gasteiger partial charge in [0.05, 0.1) is 11.4 Å². The second kappa shape index (κ2) is 3.23. The van der Waals surface area contributed by atoms with Crippen molar-refractivity contribution in [1.82, 2.24) is 9.97 Å². The maximum Gasteiger partial charge on any atom is 0.168 e. The Morgan fingerprint density at radius 1 is 1.23 bits per heavy atom. The van der Waals surface area contributed by atoms with Crippen LogP contribution in [0.2, 0.25) is 0 Å². The Morgan fingerprint density at radius 3 is 2.85 bits per heavy atom. The third kappa shape index (κ3) is 1.49. The lowest BCUT2D eigenvalue weighted by atomic mass is 10.2. The van der Waals surface area contributed by atoms with E-state index in [1.54, 1.807) is 6.07 Å². The number of nitrogens with zero attached hydrogens (tertiary/aromatic N) is 1. The Bertz CT molecular complexity index is 407. The van der Waals surface area contributed by atoms with Crippen LogP contribution in [0.5, 0.6) is 0 Å². The van der Waals surface area contributed by atoms with Crippen molar-refractivity contribution >= 4 is 6.29 Å². The molecule has 2 heterocycles. The summed E-state index contributed by atoms with van der Waals surface area (Å²) in [6.07, 6.45) is 2.57. The minimum atomic E-state index is 0.451. The maximum atomic E-state index is 10.5. The molecule has 0 aliphatic carbocycles. The molecule has 0 fully saturated rings. The summed E-state index contributed by atoms with van der Waals surface area (Å²) in [5.74, 6) is 0. The lowest BCUT2D eigenvalue weighted by Crippen LogP contribution is -1.89. The van der Waals surface area contributed by atoms with Gasteiger partial charge < -0.3 is 4.98 Å². The molecule has 2 rings (SSSR count). The molecule has 0 saturated carbocycles. The summed E-state index contributed by atoms with van der Waals surface area (Å²) in [4.78, 5) is 17.6. The van der Waals surface area contributed by atoms with E-state index >= 15 is 0 Å². The molecule has 0 radical (unpaired) electrons. The van der Waals surface area contributed by atoms with E-state index in [-0.39, 0.29) is 0 Å². The number of H-pyrrole nitrogens is 1. The zero-order valence-corrected chi connectivity index (χ0v) is 6.90. The number of rotatable bonds is 2. The Kier molecular flexibility index (Phi) is 1.92. The summed E-state index contributed by atoms with van der Waals surface area (Å²) in [6, 6.07) is 9.16. The van der Waals surface area contributed by atoms with Gasteiger partial charge in [0.1, 0.15) is 5.69 Å². The first-order chi connectivity index (χ1) is 6.40. The van der Waals surface area contributed by atoms with Gasteiger partial charge in [-0.15, -0.1) is 0 Å². The fourth-order valence-corrected chi connectivity index (χ4v) is 1.16. The average molecular weight is 172 g/mol. The van der Waals surface area contributed by atoms with Gasteiger partial charge in [-0.25, -0.2) is 4.98 Å². The first-order valence-electron chi connectivity index (χ1n) is 3.96. The van der Waals surface area contributed by atoms with Crippen LogP contribution >= 0.6 is 0 Å². The van der Waals surface area contributed by atoms with E-state index in [1.807, 2.05) is 30.5 Å². The molecular weight excluding hydrogens is 164 g/mol. The van der Waals surface area contributed by atoms with Crippen LogP contribution in [0, 0.1) is 0 Å². The van der Waals surface area contributed by atoms with E-state index in [1.165, 1.54) is 0 Å². The second-order valence-corrected chi connectivity index (χ2v) is 2.65. The zero-order chi connectivity index (χ0) is 9.10. The Morgan fingerprint density at radius 2 is 2.15 bits per heavy atom. The summed E-state index contributed by atoms with van der Waals surface area (Å²) in [5.41, 5.74) is 2.16. The van der Waals surface area contributed by atoms with E-state index in [0.29, 0.717) is 5.69 Å². The summed E-state index contributed by atoms with van der Waals surface area (Å²) in [5, 5.41) is 0. The van der Waals surface area contributed by atoms with Gasteiger partial charge in [0, 0.05) is 6.20 Å². The third-order valence-electron chi connectivity index (χ3n) is 1.77. The number of aldehydes is 1. The predicted molar refractivity (Wildman–Crippen MR) is 49.4 cm³/mol. The molecule has 0 saturated heterocycles. The number of nitrogens with one attached hydrogen (secondary N) is 1. The van der Waals surface area contributed by atoms with E-state index in [2.05, 4.69) is 9.97 Å². The van der Waals surface area contributed by atoms with E-state index in [9.17, 15) is 4.79 Å². The van der Waals surface area contributed by atoms with Crippen LogP contribution in [0.15, 0.2) is 36.5 Å². The van der Waals surface area contributed by atoms with Crippen molar-refractivity contribution in [3.05, 3.63) is 42.2 Å². The van der Waals surface area contributed by atoms with Gasteiger partial charge in [-0.2, -0.15) is 0 Å². The number of hydrogen-bond acceptors (Lipinski definition) is 2. The van der Waals surface area contributed by atoms with Crippen LogP contribution in [0.25, 0.3) is 11.4 Å². The SMILES string of the molecule is O=Cc1cccc(-c2ccc[nH]2)n1. The molecule has 0 unspecified atom stereocenters. The van der Waals surface area contributed by atoms with Crippen LogP contribution < -0.4 is 0 Å². The van der Waals surface area contributed by atoms with Crippen molar-refractivity contribution in [2.24, 2.45) is 0 Å².